The van der Waals surface area contributed by atoms with Crippen molar-refractivity contribution >= 4 is 61.1 Å². The lowest BCUT2D eigenvalue weighted by molar-refractivity contribution is -0.385. The molecule has 2 amide bonds. The Hall–Kier alpha value is -4.94. The van der Waals surface area contributed by atoms with Crippen LogP contribution in [0.15, 0.2) is 64.8 Å². The molecule has 16 nitrogen and oxygen atoms in total. The van der Waals surface area contributed by atoms with Crippen molar-refractivity contribution in [3.8, 4) is 0 Å². The number of hydrogen-bond donors (Lipinski definition) is 0. The van der Waals surface area contributed by atoms with E-state index >= 15 is 0 Å². The summed E-state index contributed by atoms with van der Waals surface area (Å²) in [6.45, 7) is 17.7. The van der Waals surface area contributed by atoms with E-state index in [2.05, 4.69) is 4.99 Å². The lowest BCUT2D eigenvalue weighted by atomic mass is 9.63. The average Bonchev–Trinajstić information content (AvgIpc) is 3.59. The molecule has 0 bridgehead atoms. The number of nitro benzene ring substituents is 2. The number of nitro groups is 2. The number of amides is 2. The largest absolute Gasteiger partial charge is 0.456 e. The number of ether oxygens (including phenoxy) is 2. The third kappa shape index (κ3) is 10.9. The van der Waals surface area contributed by atoms with Crippen LogP contribution in [0.4, 0.5) is 16.2 Å². The molecule has 0 aliphatic carbocycles. The zero-order chi connectivity index (χ0) is 42.4. The van der Waals surface area contributed by atoms with Gasteiger partial charge in [-0.25, -0.2) is 9.59 Å². The number of hydrogen-bond acceptors (Lipinski definition) is 12. The van der Waals surface area contributed by atoms with Crippen molar-refractivity contribution < 1.29 is 42.9 Å². The van der Waals surface area contributed by atoms with Crippen LogP contribution in [0.2, 0.25) is 13.1 Å². The van der Waals surface area contributed by atoms with E-state index in [-0.39, 0.29) is 53.0 Å². The van der Waals surface area contributed by atoms with Crippen LogP contribution < -0.4 is 0 Å². The summed E-state index contributed by atoms with van der Waals surface area (Å²) in [6.07, 6.45) is -0.233. The second-order valence-corrected chi connectivity index (χ2v) is 19.5. The molecule has 2 fully saturated rings. The fraction of sp³-hybridized carbons (Fsp3) is 0.513. The second kappa shape index (κ2) is 18.5. The minimum Gasteiger partial charge on any atom is -0.456 e. The van der Waals surface area contributed by atoms with Gasteiger partial charge in [0.1, 0.15) is 24.7 Å². The fourth-order valence-corrected chi connectivity index (χ4v) is 9.53. The van der Waals surface area contributed by atoms with Crippen LogP contribution in [-0.2, 0) is 41.5 Å². The van der Waals surface area contributed by atoms with Gasteiger partial charge >= 0.3 is 12.1 Å². The number of carbonyl (C=O) groups excluding carboxylic acids is 4. The number of nitrogens with zero attached hydrogens (tertiary/aromatic N) is 5. The SMILES string of the molecule is CC(C)=C(C(=O)OCc1ccc([N+](=O)[O-])cc1)N1C(=O)[C@H]([C@@](C)(O[SiH](C)C)C(C)(C)C)[C@H]1CC(=O)S[C@H]1CCN(/C(C)=N/C(=O)OCc2ccc([N+](=O)[O-])cc2)C1. The first-order valence-electron chi connectivity index (χ1n) is 18.6. The van der Waals surface area contributed by atoms with Gasteiger partial charge in [-0.1, -0.05) is 32.5 Å². The van der Waals surface area contributed by atoms with Crippen LogP contribution in [0.1, 0.15) is 72.4 Å². The summed E-state index contributed by atoms with van der Waals surface area (Å²) in [7, 11) is -1.72. The van der Waals surface area contributed by atoms with Crippen LogP contribution in [0.25, 0.3) is 0 Å². The summed E-state index contributed by atoms with van der Waals surface area (Å²) in [5, 5.41) is 21.7. The number of β-lactam (4-membered cyclic amide) rings is 1. The van der Waals surface area contributed by atoms with E-state index < -0.39 is 53.9 Å². The van der Waals surface area contributed by atoms with Gasteiger partial charge in [-0.05, 0) is 93.6 Å². The van der Waals surface area contributed by atoms with Crippen LogP contribution in [0.5, 0.6) is 0 Å². The van der Waals surface area contributed by atoms with E-state index in [0.29, 0.717) is 42.0 Å². The van der Waals surface area contributed by atoms with E-state index in [1.807, 2.05) is 45.7 Å². The highest BCUT2D eigenvalue weighted by molar-refractivity contribution is 8.14. The highest BCUT2D eigenvalue weighted by Gasteiger charge is 2.62. The number of carbonyl (C=O) groups is 4. The van der Waals surface area contributed by atoms with Gasteiger partial charge in [0.25, 0.3) is 11.4 Å². The quantitative estimate of drug-likeness (QED) is 0.0277. The third-order valence-electron chi connectivity index (χ3n) is 10.2. The van der Waals surface area contributed by atoms with Gasteiger partial charge in [0, 0.05) is 49.0 Å². The van der Waals surface area contributed by atoms with Crippen LogP contribution in [0, 0.1) is 31.6 Å². The Bertz CT molecular complexity index is 1930. The number of rotatable bonds is 14. The summed E-state index contributed by atoms with van der Waals surface area (Å²) >= 11 is 1.16. The highest BCUT2D eigenvalue weighted by atomic mass is 32.2. The first-order valence-corrected chi connectivity index (χ1v) is 22.3. The molecule has 0 N–H and O–H groups in total. The number of allylic oxidation sites excluding steroid dienone is 1. The Morgan fingerprint density at radius 3 is 1.89 bits per heavy atom. The standard InChI is InChI=1S/C39H51N5O11SSi/c1-24(2)34(36(47)53-22-26-10-14-28(15-11-26)43(49)50)42-31(33(35(42)46)39(7,38(4,5)6)55-57(8)9)20-32(45)56-30-18-19-41(21-30)25(3)40-37(48)54-23-27-12-16-29(17-13-27)44(51)52/h10-17,30-31,33,57H,18-23H2,1-9H3/b40-25+/t30-,31+,33+,39+/m0/s1. The molecule has 4 atom stereocenters. The Morgan fingerprint density at radius 2 is 1.42 bits per heavy atom. The molecule has 57 heavy (non-hydrogen) atoms. The van der Waals surface area contributed by atoms with E-state index in [1.54, 1.807) is 20.8 Å². The van der Waals surface area contributed by atoms with Crippen molar-refractivity contribution in [3.05, 3.63) is 91.2 Å². The Labute approximate surface area is 338 Å². The molecule has 0 radical (unpaired) electrons. The minimum absolute atomic E-state index is 0.0401. The van der Waals surface area contributed by atoms with Crippen molar-refractivity contribution in [1.82, 2.24) is 9.80 Å². The molecule has 0 unspecified atom stereocenters. The van der Waals surface area contributed by atoms with Crippen LogP contribution >= 0.6 is 11.8 Å². The monoisotopic (exact) mass is 825 g/mol. The number of esters is 1. The van der Waals surface area contributed by atoms with Crippen molar-refractivity contribution in [3.63, 3.8) is 0 Å². The van der Waals surface area contributed by atoms with Gasteiger partial charge in [-0.3, -0.25) is 29.8 Å². The summed E-state index contributed by atoms with van der Waals surface area (Å²) in [5.74, 6) is -1.41. The first-order chi connectivity index (χ1) is 26.6. The molecule has 2 heterocycles. The number of aliphatic imine (C=N–C) groups is 1. The summed E-state index contributed by atoms with van der Waals surface area (Å²) in [5.41, 5.74) is 0.0108. The summed E-state index contributed by atoms with van der Waals surface area (Å²) in [6, 6.07) is 10.6. The van der Waals surface area contributed by atoms with Crippen molar-refractivity contribution in [2.45, 2.75) is 105 Å². The van der Waals surface area contributed by atoms with Gasteiger partial charge < -0.3 is 23.7 Å². The summed E-state index contributed by atoms with van der Waals surface area (Å²) in [4.78, 5) is 82.7. The molecule has 0 spiro atoms. The predicted molar refractivity (Wildman–Crippen MR) is 217 cm³/mol. The maximum Gasteiger partial charge on any atom is 0.435 e. The number of amidine groups is 1. The maximum absolute atomic E-state index is 14.3. The minimum atomic E-state index is -1.72. The summed E-state index contributed by atoms with van der Waals surface area (Å²) < 4.78 is 17.5. The lowest BCUT2D eigenvalue weighted by Gasteiger charge is -2.58. The lowest BCUT2D eigenvalue weighted by Crippen LogP contribution is -2.72. The molecule has 4 rings (SSSR count). The van der Waals surface area contributed by atoms with E-state index in [0.717, 1.165) is 11.8 Å². The number of benzene rings is 2. The number of thioether (sulfide) groups is 1. The maximum atomic E-state index is 14.3. The highest BCUT2D eigenvalue weighted by Crippen LogP contribution is 2.50. The van der Waals surface area contributed by atoms with Crippen molar-refractivity contribution in [1.29, 1.82) is 0 Å². The first kappa shape index (κ1) is 44.8. The van der Waals surface area contributed by atoms with E-state index in [1.165, 1.54) is 53.4 Å². The third-order valence-corrected chi connectivity index (χ3v) is 12.4. The van der Waals surface area contributed by atoms with E-state index in [9.17, 15) is 39.4 Å². The van der Waals surface area contributed by atoms with E-state index in [4.69, 9.17) is 13.9 Å². The Kier molecular flexibility index (Phi) is 14.6. The fourth-order valence-electron chi connectivity index (χ4n) is 6.93. The second-order valence-electron chi connectivity index (χ2n) is 15.8. The van der Waals surface area contributed by atoms with Gasteiger partial charge in [-0.2, -0.15) is 4.99 Å². The van der Waals surface area contributed by atoms with Crippen molar-refractivity contribution in [2.24, 2.45) is 16.3 Å². The van der Waals surface area contributed by atoms with Gasteiger partial charge in [0.2, 0.25) is 5.91 Å². The molecular formula is C39H51N5O11SSi. The normalized spacial score (nSPS) is 19.4. The van der Waals surface area contributed by atoms with Crippen LogP contribution in [0.3, 0.4) is 0 Å². The molecule has 2 aliphatic heterocycles. The molecule has 0 aromatic heterocycles. The van der Waals surface area contributed by atoms with Crippen molar-refractivity contribution in [2.75, 3.05) is 13.1 Å². The molecule has 2 aromatic carbocycles. The van der Waals surface area contributed by atoms with Gasteiger partial charge in [0.05, 0.1) is 27.4 Å². The molecule has 0 saturated carbocycles. The predicted octanol–water partition coefficient (Wildman–Crippen LogP) is 6.95. The molecule has 308 valence electrons. The topological polar surface area (TPSA) is 201 Å². The average molecular weight is 826 g/mol. The van der Waals surface area contributed by atoms with Gasteiger partial charge in [-0.15, -0.1) is 0 Å². The molecule has 18 heteroatoms. The smallest absolute Gasteiger partial charge is 0.435 e. The van der Waals surface area contributed by atoms with Gasteiger partial charge in [0.15, 0.2) is 14.2 Å². The molecule has 2 saturated heterocycles. The molecule has 2 aliphatic rings. The number of non-ortho nitro benzene ring substituents is 2. The molecular weight excluding hydrogens is 775 g/mol. The zero-order valence-corrected chi connectivity index (χ0v) is 35.8. The number of likely N-dealkylation sites (tertiary alicyclic amines) is 2. The Balaban J connectivity index is 1.47. The molecule has 2 aromatic rings. The zero-order valence-electron chi connectivity index (χ0n) is 33.8. The van der Waals surface area contributed by atoms with Crippen LogP contribution in [-0.4, -0.2) is 87.6 Å². The Morgan fingerprint density at radius 1 is 0.895 bits per heavy atom.